The summed E-state index contributed by atoms with van der Waals surface area (Å²) in [5, 5.41) is 10.3. The van der Waals surface area contributed by atoms with Crippen molar-refractivity contribution in [3.8, 4) is 0 Å². The summed E-state index contributed by atoms with van der Waals surface area (Å²) in [6.07, 6.45) is 3.87. The van der Waals surface area contributed by atoms with Gasteiger partial charge in [-0.1, -0.05) is 0 Å². The third kappa shape index (κ3) is 2.33. The van der Waals surface area contributed by atoms with Crippen LogP contribution in [0.2, 0.25) is 0 Å². The van der Waals surface area contributed by atoms with E-state index in [0.717, 1.165) is 26.2 Å². The molecule has 0 radical (unpaired) electrons. The molecule has 0 bridgehead atoms. The molecule has 0 saturated carbocycles. The molecule has 2 N–H and O–H groups in total. The lowest BCUT2D eigenvalue weighted by Crippen LogP contribution is -2.56. The molecule has 4 heteroatoms. The first-order chi connectivity index (χ1) is 6.66. The van der Waals surface area contributed by atoms with E-state index in [1.165, 1.54) is 5.56 Å². The number of piperazine rings is 1. The van der Waals surface area contributed by atoms with Gasteiger partial charge in [-0.3, -0.25) is 10.00 Å². The number of hydrogen-bond acceptors (Lipinski definition) is 3. The Morgan fingerprint density at radius 2 is 2.43 bits per heavy atom. The monoisotopic (exact) mass is 194 g/mol. The Balaban J connectivity index is 1.92. The molecule has 0 atom stereocenters. The largest absolute Gasteiger partial charge is 0.309 e. The minimum atomic E-state index is 0.238. The average Bonchev–Trinajstić information content (AvgIpc) is 2.54. The smallest absolute Gasteiger partial charge is 0.0532 e. The zero-order chi connectivity index (χ0) is 10.0. The van der Waals surface area contributed by atoms with Crippen molar-refractivity contribution >= 4 is 0 Å². The fourth-order valence-electron chi connectivity index (χ4n) is 2.00. The number of nitrogens with one attached hydrogen (secondary N) is 2. The van der Waals surface area contributed by atoms with Crippen LogP contribution in [-0.4, -0.2) is 40.3 Å². The van der Waals surface area contributed by atoms with E-state index in [9.17, 15) is 0 Å². The van der Waals surface area contributed by atoms with Crippen molar-refractivity contribution in [3.05, 3.63) is 18.0 Å². The molecule has 0 spiro atoms. The van der Waals surface area contributed by atoms with E-state index in [1.807, 2.05) is 12.4 Å². The van der Waals surface area contributed by atoms with Gasteiger partial charge in [0, 0.05) is 43.5 Å². The first-order valence-corrected chi connectivity index (χ1v) is 5.11. The highest BCUT2D eigenvalue weighted by Gasteiger charge is 2.25. The summed E-state index contributed by atoms with van der Waals surface area (Å²) in [5.41, 5.74) is 1.50. The Hall–Kier alpha value is -0.870. The van der Waals surface area contributed by atoms with Crippen molar-refractivity contribution in [2.75, 3.05) is 19.6 Å². The van der Waals surface area contributed by atoms with E-state index in [1.54, 1.807) is 0 Å². The Morgan fingerprint density at radius 3 is 3.07 bits per heavy atom. The lowest BCUT2D eigenvalue weighted by atomic mass is 10.0. The number of nitrogens with zero attached hydrogens (tertiary/aromatic N) is 2. The lowest BCUT2D eigenvalue weighted by molar-refractivity contribution is 0.148. The van der Waals surface area contributed by atoms with Gasteiger partial charge >= 0.3 is 0 Å². The van der Waals surface area contributed by atoms with Crippen LogP contribution in [0.1, 0.15) is 19.4 Å². The molecule has 0 aliphatic carbocycles. The van der Waals surface area contributed by atoms with Crippen molar-refractivity contribution in [1.29, 1.82) is 0 Å². The zero-order valence-corrected chi connectivity index (χ0v) is 8.88. The Morgan fingerprint density at radius 1 is 1.57 bits per heavy atom. The van der Waals surface area contributed by atoms with Crippen LogP contribution in [0.5, 0.6) is 0 Å². The van der Waals surface area contributed by atoms with Gasteiger partial charge in [0.1, 0.15) is 0 Å². The van der Waals surface area contributed by atoms with Crippen LogP contribution >= 0.6 is 0 Å². The SMILES string of the molecule is CC1(C)CN(Cc2cn[nH]c2)CCN1. The van der Waals surface area contributed by atoms with Gasteiger partial charge in [-0.25, -0.2) is 0 Å². The topological polar surface area (TPSA) is 44.0 Å². The van der Waals surface area contributed by atoms with Gasteiger partial charge < -0.3 is 5.32 Å². The van der Waals surface area contributed by atoms with E-state index in [0.29, 0.717) is 0 Å². The molecule has 0 amide bonds. The molecule has 14 heavy (non-hydrogen) atoms. The molecule has 2 heterocycles. The van der Waals surface area contributed by atoms with Crippen LogP contribution in [-0.2, 0) is 6.54 Å². The lowest BCUT2D eigenvalue weighted by Gasteiger charge is -2.38. The van der Waals surface area contributed by atoms with Gasteiger partial charge in [-0.2, -0.15) is 5.10 Å². The second-order valence-electron chi connectivity index (χ2n) is 4.63. The number of hydrogen-bond donors (Lipinski definition) is 2. The molecule has 1 aliphatic heterocycles. The van der Waals surface area contributed by atoms with Crippen LogP contribution in [0.3, 0.4) is 0 Å². The predicted molar refractivity (Wildman–Crippen MR) is 55.9 cm³/mol. The minimum absolute atomic E-state index is 0.238. The second kappa shape index (κ2) is 3.71. The molecule has 1 aromatic heterocycles. The van der Waals surface area contributed by atoms with Crippen LogP contribution in [0.15, 0.2) is 12.4 Å². The van der Waals surface area contributed by atoms with Gasteiger partial charge in [0.25, 0.3) is 0 Å². The Kier molecular flexibility index (Phi) is 2.56. The van der Waals surface area contributed by atoms with Gasteiger partial charge in [0.05, 0.1) is 6.20 Å². The fourth-order valence-corrected chi connectivity index (χ4v) is 2.00. The van der Waals surface area contributed by atoms with E-state index < -0.39 is 0 Å². The minimum Gasteiger partial charge on any atom is -0.309 e. The number of aromatic nitrogens is 2. The third-order valence-corrected chi connectivity index (χ3v) is 2.61. The molecule has 0 unspecified atom stereocenters. The molecule has 0 aromatic carbocycles. The van der Waals surface area contributed by atoms with Crippen LogP contribution in [0.25, 0.3) is 0 Å². The molecule has 78 valence electrons. The van der Waals surface area contributed by atoms with Crippen molar-refractivity contribution in [2.24, 2.45) is 0 Å². The molecular formula is C10H18N4. The standard InChI is InChI=1S/C10H18N4/c1-10(2)8-14(4-3-11-10)7-9-5-12-13-6-9/h5-6,11H,3-4,7-8H2,1-2H3,(H,12,13). The molecule has 1 fully saturated rings. The van der Waals surface area contributed by atoms with E-state index in [2.05, 4.69) is 34.3 Å². The summed E-state index contributed by atoms with van der Waals surface area (Å²) in [4.78, 5) is 2.46. The summed E-state index contributed by atoms with van der Waals surface area (Å²) in [6.45, 7) is 8.78. The van der Waals surface area contributed by atoms with Gasteiger partial charge in [0.2, 0.25) is 0 Å². The van der Waals surface area contributed by atoms with Crippen LogP contribution in [0, 0.1) is 0 Å². The predicted octanol–water partition coefficient (Wildman–Crippen LogP) is 0.594. The maximum absolute atomic E-state index is 3.96. The summed E-state index contributed by atoms with van der Waals surface area (Å²) in [7, 11) is 0. The van der Waals surface area contributed by atoms with Crippen molar-refractivity contribution in [1.82, 2.24) is 20.4 Å². The van der Waals surface area contributed by atoms with E-state index >= 15 is 0 Å². The summed E-state index contributed by atoms with van der Waals surface area (Å²) in [6, 6.07) is 0. The first kappa shape index (κ1) is 9.68. The van der Waals surface area contributed by atoms with Crippen LogP contribution in [0.4, 0.5) is 0 Å². The maximum Gasteiger partial charge on any atom is 0.0532 e. The molecule has 1 aliphatic rings. The average molecular weight is 194 g/mol. The van der Waals surface area contributed by atoms with E-state index in [4.69, 9.17) is 0 Å². The zero-order valence-electron chi connectivity index (χ0n) is 8.88. The highest BCUT2D eigenvalue weighted by atomic mass is 15.2. The first-order valence-electron chi connectivity index (χ1n) is 5.11. The molecule has 2 rings (SSSR count). The molecular weight excluding hydrogens is 176 g/mol. The summed E-state index contributed by atoms with van der Waals surface area (Å²) in [5.74, 6) is 0. The number of H-pyrrole nitrogens is 1. The number of rotatable bonds is 2. The summed E-state index contributed by atoms with van der Waals surface area (Å²) < 4.78 is 0. The van der Waals surface area contributed by atoms with Crippen molar-refractivity contribution < 1.29 is 0 Å². The normalized spacial score (nSPS) is 22.4. The van der Waals surface area contributed by atoms with Crippen molar-refractivity contribution in [2.45, 2.75) is 25.9 Å². The van der Waals surface area contributed by atoms with Gasteiger partial charge in [-0.15, -0.1) is 0 Å². The molecule has 1 aromatic rings. The van der Waals surface area contributed by atoms with Gasteiger partial charge in [-0.05, 0) is 13.8 Å². The highest BCUT2D eigenvalue weighted by molar-refractivity contribution is 5.03. The van der Waals surface area contributed by atoms with Crippen LogP contribution < -0.4 is 5.32 Å². The Bertz CT molecular complexity index is 278. The van der Waals surface area contributed by atoms with Crippen molar-refractivity contribution in [3.63, 3.8) is 0 Å². The summed E-state index contributed by atoms with van der Waals surface area (Å²) >= 11 is 0. The highest BCUT2D eigenvalue weighted by Crippen LogP contribution is 2.12. The number of aromatic amines is 1. The quantitative estimate of drug-likeness (QED) is 0.724. The molecule has 1 saturated heterocycles. The van der Waals surface area contributed by atoms with Gasteiger partial charge in [0.15, 0.2) is 0 Å². The Labute approximate surface area is 84.7 Å². The fraction of sp³-hybridized carbons (Fsp3) is 0.700. The van der Waals surface area contributed by atoms with E-state index in [-0.39, 0.29) is 5.54 Å². The molecule has 4 nitrogen and oxygen atoms in total. The maximum atomic E-state index is 3.96. The third-order valence-electron chi connectivity index (χ3n) is 2.61. The second-order valence-corrected chi connectivity index (χ2v) is 4.63.